The molecule has 158 valence electrons. The third-order valence-corrected chi connectivity index (χ3v) is 6.63. The lowest BCUT2D eigenvalue weighted by molar-refractivity contribution is -0.121. The van der Waals surface area contributed by atoms with Crippen molar-refractivity contribution < 1.29 is 9.53 Å². The first kappa shape index (κ1) is 19.4. The third kappa shape index (κ3) is 4.15. The molecule has 4 fully saturated rings. The highest BCUT2D eigenvalue weighted by Crippen LogP contribution is 2.31. The van der Waals surface area contributed by atoms with Gasteiger partial charge in [-0.25, -0.2) is 0 Å². The Bertz CT molecular complexity index is 875. The monoisotopic (exact) mass is 406 g/mol. The number of rotatable bonds is 5. The number of carbonyl (C=O) groups excluding carboxylic acids is 1. The molecule has 4 aliphatic rings. The van der Waals surface area contributed by atoms with Crippen LogP contribution in [0, 0.1) is 6.92 Å². The summed E-state index contributed by atoms with van der Waals surface area (Å²) in [4.78, 5) is 21.7. The Morgan fingerprint density at radius 2 is 1.93 bits per heavy atom. The van der Waals surface area contributed by atoms with E-state index in [1.165, 1.54) is 18.5 Å². The number of benzene rings is 1. The fourth-order valence-corrected chi connectivity index (χ4v) is 4.90. The Morgan fingerprint density at radius 1 is 1.10 bits per heavy atom. The Hall–Kier alpha value is -2.60. The number of nitrogens with one attached hydrogen (secondary N) is 1. The van der Waals surface area contributed by atoms with Crippen LogP contribution in [0.15, 0.2) is 42.6 Å². The molecule has 0 spiro atoms. The average molecular weight is 407 g/mol. The van der Waals surface area contributed by atoms with E-state index in [1.807, 2.05) is 19.2 Å². The van der Waals surface area contributed by atoms with Crippen molar-refractivity contribution in [3.63, 3.8) is 0 Å². The maximum absolute atomic E-state index is 12.6. The number of amides is 1. The minimum atomic E-state index is 0.0991. The molecule has 1 aromatic heterocycles. The van der Waals surface area contributed by atoms with Gasteiger partial charge in [0, 0.05) is 37.1 Å². The second-order valence-electron chi connectivity index (χ2n) is 8.84. The topological polar surface area (TPSA) is 57.7 Å². The first-order valence-electron chi connectivity index (χ1n) is 11.1. The summed E-state index contributed by atoms with van der Waals surface area (Å²) in [6.07, 6.45) is 6.09. The molecule has 30 heavy (non-hydrogen) atoms. The van der Waals surface area contributed by atoms with Crippen molar-refractivity contribution in [1.82, 2.24) is 10.3 Å². The fraction of sp³-hybridized carbons (Fsp3) is 0.500. The zero-order chi connectivity index (χ0) is 20.5. The van der Waals surface area contributed by atoms with Gasteiger partial charge >= 0.3 is 0 Å². The number of fused-ring (bicyclic) bond motifs is 3. The first-order chi connectivity index (χ1) is 14.6. The van der Waals surface area contributed by atoms with E-state index in [0.29, 0.717) is 18.6 Å². The summed E-state index contributed by atoms with van der Waals surface area (Å²) in [7, 11) is 0. The molecule has 0 aliphatic carbocycles. The number of ether oxygens (including phenoxy) is 1. The molecule has 6 rings (SSSR count). The van der Waals surface area contributed by atoms with E-state index in [1.54, 1.807) is 0 Å². The van der Waals surface area contributed by atoms with E-state index in [0.717, 1.165) is 49.6 Å². The summed E-state index contributed by atoms with van der Waals surface area (Å²) in [6, 6.07) is 13.3. The Kier molecular flexibility index (Phi) is 5.34. The van der Waals surface area contributed by atoms with E-state index in [2.05, 4.69) is 50.4 Å². The van der Waals surface area contributed by atoms with Gasteiger partial charge in [-0.2, -0.15) is 0 Å². The number of pyridine rings is 1. The second-order valence-corrected chi connectivity index (χ2v) is 8.84. The lowest BCUT2D eigenvalue weighted by atomic mass is 9.96. The molecule has 2 aromatic rings. The summed E-state index contributed by atoms with van der Waals surface area (Å²) in [5, 5.41) is 3.21. The molecule has 1 amide bonds. The smallest absolute Gasteiger partial charge is 0.224 e. The van der Waals surface area contributed by atoms with Gasteiger partial charge in [-0.15, -0.1) is 0 Å². The summed E-state index contributed by atoms with van der Waals surface area (Å²) in [5.41, 5.74) is 4.46. The summed E-state index contributed by atoms with van der Waals surface area (Å²) < 4.78 is 5.81. The number of hydrogen-bond donors (Lipinski definition) is 1. The lowest BCUT2D eigenvalue weighted by Crippen LogP contribution is -2.54. The van der Waals surface area contributed by atoms with E-state index < -0.39 is 0 Å². The van der Waals surface area contributed by atoms with Crippen LogP contribution in [-0.2, 0) is 16.0 Å². The quantitative estimate of drug-likeness (QED) is 0.827. The van der Waals surface area contributed by atoms with Gasteiger partial charge < -0.3 is 19.9 Å². The third-order valence-electron chi connectivity index (χ3n) is 6.63. The number of nitrogens with zero attached hydrogens (tertiary/aromatic N) is 3. The maximum atomic E-state index is 12.6. The molecule has 0 saturated carbocycles. The lowest BCUT2D eigenvalue weighted by Gasteiger charge is -2.46. The van der Waals surface area contributed by atoms with Crippen LogP contribution in [0.5, 0.6) is 0 Å². The average Bonchev–Trinajstić information content (AvgIpc) is 3.24. The van der Waals surface area contributed by atoms with Crippen LogP contribution in [-0.4, -0.2) is 55.3 Å². The van der Waals surface area contributed by atoms with Crippen molar-refractivity contribution in [1.29, 1.82) is 0 Å². The highest BCUT2D eigenvalue weighted by atomic mass is 16.5. The minimum Gasteiger partial charge on any atom is -0.374 e. The molecule has 0 radical (unpaired) electrons. The zero-order valence-corrected chi connectivity index (χ0v) is 17.6. The van der Waals surface area contributed by atoms with Crippen LogP contribution in [0.4, 0.5) is 11.4 Å². The number of aryl methyl sites for hydroxylation is 1. The maximum Gasteiger partial charge on any atom is 0.224 e. The van der Waals surface area contributed by atoms with Gasteiger partial charge in [-0.3, -0.25) is 9.78 Å². The Balaban J connectivity index is 1.13. The molecule has 4 aliphatic heterocycles. The molecule has 6 heteroatoms. The Labute approximate surface area is 178 Å². The van der Waals surface area contributed by atoms with Crippen molar-refractivity contribution in [2.45, 2.75) is 50.8 Å². The SMILES string of the molecule is Cc1ccc(N2CC[C@@H](NC(=O)Cc3ccc(N4C[C@@H]5CC[C@H]4CO5)cc3)C2)cn1. The van der Waals surface area contributed by atoms with Gasteiger partial charge in [0.25, 0.3) is 0 Å². The van der Waals surface area contributed by atoms with Crippen LogP contribution >= 0.6 is 0 Å². The van der Waals surface area contributed by atoms with E-state index in [-0.39, 0.29) is 11.9 Å². The molecule has 1 aromatic carbocycles. The van der Waals surface area contributed by atoms with Crippen LogP contribution in [0.25, 0.3) is 0 Å². The van der Waals surface area contributed by atoms with Crippen LogP contribution in [0.2, 0.25) is 0 Å². The molecule has 2 bridgehead atoms. The first-order valence-corrected chi connectivity index (χ1v) is 11.1. The highest BCUT2D eigenvalue weighted by molar-refractivity contribution is 5.79. The standard InChI is InChI=1S/C24H30N4O2/c1-17-2-5-21(13-25-17)27-11-10-19(14-27)26-24(29)12-18-3-6-20(7-4-18)28-15-23-9-8-22(28)16-30-23/h2-7,13,19,22-23H,8-12,14-16H2,1H3,(H,26,29)/t19-,22+,23+/m1/s1. The van der Waals surface area contributed by atoms with Gasteiger partial charge in [0.1, 0.15) is 0 Å². The van der Waals surface area contributed by atoms with Crippen molar-refractivity contribution in [3.05, 3.63) is 53.9 Å². The van der Waals surface area contributed by atoms with Gasteiger partial charge in [-0.1, -0.05) is 12.1 Å². The molecular formula is C24H30N4O2. The predicted octanol–water partition coefficient (Wildman–Crippen LogP) is 2.70. The number of aromatic nitrogens is 1. The van der Waals surface area contributed by atoms with Crippen molar-refractivity contribution in [2.24, 2.45) is 0 Å². The highest BCUT2D eigenvalue weighted by Gasteiger charge is 2.34. The van der Waals surface area contributed by atoms with Gasteiger partial charge in [0.05, 0.1) is 37.1 Å². The number of hydrogen-bond acceptors (Lipinski definition) is 5. The fourth-order valence-electron chi connectivity index (χ4n) is 4.90. The van der Waals surface area contributed by atoms with Crippen LogP contribution < -0.4 is 15.1 Å². The van der Waals surface area contributed by atoms with Crippen molar-refractivity contribution >= 4 is 17.3 Å². The number of piperidine rings is 1. The molecule has 0 unspecified atom stereocenters. The largest absolute Gasteiger partial charge is 0.374 e. The summed E-state index contributed by atoms with van der Waals surface area (Å²) in [6.45, 7) is 5.61. The van der Waals surface area contributed by atoms with E-state index in [4.69, 9.17) is 4.74 Å². The number of anilines is 2. The van der Waals surface area contributed by atoms with Gasteiger partial charge in [0.2, 0.25) is 5.91 Å². The minimum absolute atomic E-state index is 0.0991. The van der Waals surface area contributed by atoms with Gasteiger partial charge in [0.15, 0.2) is 0 Å². The van der Waals surface area contributed by atoms with Crippen LogP contribution in [0.1, 0.15) is 30.5 Å². The number of morpholine rings is 1. The molecule has 4 saturated heterocycles. The molecule has 6 nitrogen and oxygen atoms in total. The van der Waals surface area contributed by atoms with Crippen molar-refractivity contribution in [2.75, 3.05) is 36.0 Å². The molecule has 1 N–H and O–H groups in total. The van der Waals surface area contributed by atoms with E-state index in [9.17, 15) is 4.79 Å². The molecule has 3 atom stereocenters. The normalized spacial score (nSPS) is 25.6. The molecule has 5 heterocycles. The summed E-state index contributed by atoms with van der Waals surface area (Å²) in [5.74, 6) is 0.0991. The van der Waals surface area contributed by atoms with E-state index >= 15 is 0 Å². The Morgan fingerprint density at radius 3 is 2.60 bits per heavy atom. The summed E-state index contributed by atoms with van der Waals surface area (Å²) >= 11 is 0. The zero-order valence-electron chi connectivity index (χ0n) is 17.6. The van der Waals surface area contributed by atoms with Crippen LogP contribution in [0.3, 0.4) is 0 Å². The predicted molar refractivity (Wildman–Crippen MR) is 118 cm³/mol. The molecular weight excluding hydrogens is 376 g/mol. The number of carbonyl (C=O) groups is 1. The second kappa shape index (κ2) is 8.26. The van der Waals surface area contributed by atoms with Crippen molar-refractivity contribution in [3.8, 4) is 0 Å². The van der Waals surface area contributed by atoms with Gasteiger partial charge in [-0.05, 0) is 56.0 Å².